The second-order valence-corrected chi connectivity index (χ2v) is 7.66. The van der Waals surface area contributed by atoms with E-state index in [1.807, 2.05) is 0 Å². The van der Waals surface area contributed by atoms with Crippen molar-refractivity contribution in [2.24, 2.45) is 11.8 Å². The molecule has 0 heterocycles. The molecule has 3 unspecified atom stereocenters. The van der Waals surface area contributed by atoms with Gasteiger partial charge in [0.15, 0.2) is 0 Å². The van der Waals surface area contributed by atoms with Crippen LogP contribution in [0.4, 0.5) is 0 Å². The predicted octanol–water partition coefficient (Wildman–Crippen LogP) is 7.49. The molecule has 0 N–H and O–H groups in total. The number of hydrogen-bond donors (Lipinski definition) is 1. The summed E-state index contributed by atoms with van der Waals surface area (Å²) in [4.78, 5) is 1.06. The molecule has 0 bridgehead atoms. The Hall–Kier alpha value is -0.430. The maximum absolute atomic E-state index is 4.36. The molecule has 0 aliphatic rings. The lowest BCUT2D eigenvalue weighted by atomic mass is 9.88. The van der Waals surface area contributed by atoms with Crippen LogP contribution in [0, 0.1) is 11.8 Å². The first-order valence-electron chi connectivity index (χ1n) is 9.35. The standard InChI is InChI=1S/C21H36S/c1-5-17(3)9-7-11-19(6-2)12-8-10-18(4)20-13-15-21(22)16-14-20/h13-19,22H,5-12H2,1-4H3. The maximum atomic E-state index is 4.36. The molecule has 0 nitrogen and oxygen atoms in total. The van der Waals surface area contributed by atoms with Crippen LogP contribution in [-0.4, -0.2) is 0 Å². The fraction of sp³-hybridized carbons (Fsp3) is 0.714. The highest BCUT2D eigenvalue weighted by Gasteiger charge is 2.10. The van der Waals surface area contributed by atoms with Gasteiger partial charge in [-0.3, -0.25) is 0 Å². The minimum atomic E-state index is 0.673. The molecule has 0 radical (unpaired) electrons. The Balaban J connectivity index is 2.24. The molecule has 0 aromatic heterocycles. The first-order chi connectivity index (χ1) is 10.6. The van der Waals surface area contributed by atoms with Crippen LogP contribution in [0.25, 0.3) is 0 Å². The van der Waals surface area contributed by atoms with Crippen molar-refractivity contribution in [2.75, 3.05) is 0 Å². The van der Waals surface area contributed by atoms with Gasteiger partial charge in [-0.25, -0.2) is 0 Å². The molecule has 0 amide bonds. The van der Waals surface area contributed by atoms with Crippen molar-refractivity contribution in [3.63, 3.8) is 0 Å². The van der Waals surface area contributed by atoms with E-state index in [4.69, 9.17) is 0 Å². The van der Waals surface area contributed by atoms with Gasteiger partial charge in [-0.2, -0.15) is 0 Å². The van der Waals surface area contributed by atoms with Gasteiger partial charge >= 0.3 is 0 Å². The van der Waals surface area contributed by atoms with Gasteiger partial charge in [0.1, 0.15) is 0 Å². The Morgan fingerprint density at radius 1 is 0.818 bits per heavy atom. The van der Waals surface area contributed by atoms with E-state index in [1.165, 1.54) is 56.9 Å². The third-order valence-corrected chi connectivity index (χ3v) is 5.59. The van der Waals surface area contributed by atoms with Crippen LogP contribution >= 0.6 is 12.6 Å². The Morgan fingerprint density at radius 3 is 1.95 bits per heavy atom. The third kappa shape index (κ3) is 7.72. The van der Waals surface area contributed by atoms with Crippen molar-refractivity contribution < 1.29 is 0 Å². The smallest absolute Gasteiger partial charge is 0.00401 e. The van der Waals surface area contributed by atoms with Crippen LogP contribution in [0.15, 0.2) is 29.2 Å². The molecule has 1 aromatic carbocycles. The van der Waals surface area contributed by atoms with E-state index in [2.05, 4.69) is 64.6 Å². The molecule has 22 heavy (non-hydrogen) atoms. The minimum absolute atomic E-state index is 0.673. The highest BCUT2D eigenvalue weighted by Crippen LogP contribution is 2.26. The fourth-order valence-electron chi connectivity index (χ4n) is 3.19. The molecule has 3 atom stereocenters. The van der Waals surface area contributed by atoms with Crippen LogP contribution in [0.2, 0.25) is 0 Å². The van der Waals surface area contributed by atoms with E-state index in [0.717, 1.165) is 16.7 Å². The highest BCUT2D eigenvalue weighted by atomic mass is 32.1. The summed E-state index contributed by atoms with van der Waals surface area (Å²) in [5.41, 5.74) is 1.46. The van der Waals surface area contributed by atoms with Crippen LogP contribution in [0.3, 0.4) is 0 Å². The number of hydrogen-bond acceptors (Lipinski definition) is 1. The molecule has 0 aliphatic carbocycles. The van der Waals surface area contributed by atoms with E-state index < -0.39 is 0 Å². The van der Waals surface area contributed by atoms with Crippen LogP contribution in [0.5, 0.6) is 0 Å². The van der Waals surface area contributed by atoms with E-state index in [-0.39, 0.29) is 0 Å². The number of rotatable bonds is 11. The first kappa shape index (κ1) is 19.6. The lowest BCUT2D eigenvalue weighted by Crippen LogP contribution is -2.02. The predicted molar refractivity (Wildman–Crippen MR) is 103 cm³/mol. The van der Waals surface area contributed by atoms with Crippen LogP contribution < -0.4 is 0 Å². The molecule has 0 saturated heterocycles. The molecule has 1 rings (SSSR count). The van der Waals surface area contributed by atoms with Gasteiger partial charge in [0.25, 0.3) is 0 Å². The molecular weight excluding hydrogens is 284 g/mol. The Labute approximate surface area is 144 Å². The molecule has 0 fully saturated rings. The van der Waals surface area contributed by atoms with Gasteiger partial charge in [0, 0.05) is 4.90 Å². The largest absolute Gasteiger partial charge is 0.143 e. The summed E-state index contributed by atoms with van der Waals surface area (Å²) < 4.78 is 0. The first-order valence-corrected chi connectivity index (χ1v) is 9.80. The van der Waals surface area contributed by atoms with Crippen molar-refractivity contribution >= 4 is 12.6 Å². The minimum Gasteiger partial charge on any atom is -0.143 e. The molecule has 0 aliphatic heterocycles. The van der Waals surface area contributed by atoms with E-state index >= 15 is 0 Å². The van der Waals surface area contributed by atoms with Crippen molar-refractivity contribution in [3.05, 3.63) is 29.8 Å². The van der Waals surface area contributed by atoms with Gasteiger partial charge in [-0.15, -0.1) is 12.6 Å². The lowest BCUT2D eigenvalue weighted by Gasteiger charge is -2.18. The number of thiol groups is 1. The summed E-state index contributed by atoms with van der Waals surface area (Å²) >= 11 is 4.36. The monoisotopic (exact) mass is 320 g/mol. The number of benzene rings is 1. The zero-order chi connectivity index (χ0) is 16.4. The summed E-state index contributed by atoms with van der Waals surface area (Å²) in [6.07, 6.45) is 11.0. The lowest BCUT2D eigenvalue weighted by molar-refractivity contribution is 0.374. The average molecular weight is 321 g/mol. The average Bonchev–Trinajstić information content (AvgIpc) is 2.53. The summed E-state index contributed by atoms with van der Waals surface area (Å²) in [6.45, 7) is 9.42. The van der Waals surface area contributed by atoms with Gasteiger partial charge in [-0.05, 0) is 41.9 Å². The summed E-state index contributed by atoms with van der Waals surface area (Å²) in [5.74, 6) is 2.52. The molecule has 1 heteroatoms. The fourth-order valence-corrected chi connectivity index (χ4v) is 3.34. The zero-order valence-corrected chi connectivity index (χ0v) is 16.0. The molecule has 0 spiro atoms. The Bertz CT molecular complexity index is 381. The SMILES string of the molecule is CCC(C)CCCC(CC)CCCC(C)c1ccc(S)cc1. The Morgan fingerprint density at radius 2 is 1.41 bits per heavy atom. The van der Waals surface area contributed by atoms with Crippen molar-refractivity contribution in [2.45, 2.75) is 89.9 Å². The Kier molecular flexibility index (Phi) is 9.95. The van der Waals surface area contributed by atoms with Gasteiger partial charge in [-0.1, -0.05) is 84.8 Å². The molecule has 0 saturated carbocycles. The van der Waals surface area contributed by atoms with E-state index in [9.17, 15) is 0 Å². The quantitative estimate of drug-likeness (QED) is 0.401. The molecule has 126 valence electrons. The summed E-state index contributed by atoms with van der Waals surface area (Å²) in [7, 11) is 0. The van der Waals surface area contributed by atoms with Crippen LogP contribution in [0.1, 0.15) is 90.5 Å². The van der Waals surface area contributed by atoms with Crippen molar-refractivity contribution in [1.29, 1.82) is 0 Å². The normalized spacial score (nSPS) is 15.5. The zero-order valence-electron chi connectivity index (χ0n) is 15.1. The second-order valence-electron chi connectivity index (χ2n) is 7.14. The summed E-state index contributed by atoms with van der Waals surface area (Å²) in [6, 6.07) is 8.68. The third-order valence-electron chi connectivity index (χ3n) is 5.30. The summed E-state index contributed by atoms with van der Waals surface area (Å²) in [5, 5.41) is 0. The maximum Gasteiger partial charge on any atom is 0.00401 e. The molecule has 1 aromatic rings. The van der Waals surface area contributed by atoms with Crippen LogP contribution in [-0.2, 0) is 0 Å². The van der Waals surface area contributed by atoms with E-state index in [1.54, 1.807) is 0 Å². The highest BCUT2D eigenvalue weighted by molar-refractivity contribution is 7.80. The van der Waals surface area contributed by atoms with Crippen molar-refractivity contribution in [1.82, 2.24) is 0 Å². The second kappa shape index (κ2) is 11.2. The van der Waals surface area contributed by atoms with E-state index in [0.29, 0.717) is 5.92 Å². The topological polar surface area (TPSA) is 0 Å². The van der Waals surface area contributed by atoms with Gasteiger partial charge < -0.3 is 0 Å². The van der Waals surface area contributed by atoms with Gasteiger partial charge in [0.05, 0.1) is 0 Å². The van der Waals surface area contributed by atoms with Gasteiger partial charge in [0.2, 0.25) is 0 Å². The molecular formula is C21H36S. The van der Waals surface area contributed by atoms with Crippen molar-refractivity contribution in [3.8, 4) is 0 Å².